The lowest BCUT2D eigenvalue weighted by Gasteiger charge is -2.36. The maximum absolute atomic E-state index is 14.9. The molecule has 2 saturated heterocycles. The number of aromatic nitrogens is 3. The molecule has 2 amide bonds. The first kappa shape index (κ1) is 21.6. The van der Waals surface area contributed by atoms with Crippen LogP contribution >= 0.6 is 23.2 Å². The number of benzene rings is 1. The molecule has 12 heteroatoms. The lowest BCUT2D eigenvalue weighted by Crippen LogP contribution is -2.50. The van der Waals surface area contributed by atoms with E-state index in [4.69, 9.17) is 27.9 Å². The van der Waals surface area contributed by atoms with E-state index in [0.717, 1.165) is 5.69 Å². The molecule has 1 aromatic carbocycles. The van der Waals surface area contributed by atoms with Gasteiger partial charge in [-0.05, 0) is 25.1 Å². The molecule has 0 spiro atoms. The number of nitrogens with zero attached hydrogens (tertiary/aromatic N) is 6. The fourth-order valence-electron chi connectivity index (χ4n) is 3.75. The number of amides is 2. The number of carbonyl (C=O) groups is 2. The number of anilines is 2. The SMILES string of the molecule is Cc1cn(C[C@H]2CN(c3ccc(N4CCN(C(=O)C(Cl)Cl)CC4)c(F)c3)C(=O)O2)nn1. The fourth-order valence-corrected chi connectivity index (χ4v) is 4.02. The molecule has 2 aliphatic rings. The highest BCUT2D eigenvalue weighted by molar-refractivity contribution is 6.53. The predicted octanol–water partition coefficient (Wildman–Crippen LogP) is 2.20. The van der Waals surface area contributed by atoms with Crippen molar-refractivity contribution >= 4 is 46.6 Å². The van der Waals surface area contributed by atoms with Crippen molar-refractivity contribution in [3.05, 3.63) is 35.9 Å². The van der Waals surface area contributed by atoms with Crippen molar-refractivity contribution in [3.63, 3.8) is 0 Å². The Balaban J connectivity index is 1.40. The zero-order valence-electron chi connectivity index (χ0n) is 16.7. The summed E-state index contributed by atoms with van der Waals surface area (Å²) in [5, 5.41) is 7.87. The molecule has 2 fully saturated rings. The number of aryl methyl sites for hydroxylation is 1. The molecule has 0 bridgehead atoms. The van der Waals surface area contributed by atoms with Gasteiger partial charge in [-0.2, -0.15) is 0 Å². The minimum Gasteiger partial charge on any atom is -0.442 e. The predicted molar refractivity (Wildman–Crippen MR) is 113 cm³/mol. The van der Waals surface area contributed by atoms with Gasteiger partial charge in [-0.15, -0.1) is 5.10 Å². The van der Waals surface area contributed by atoms with Gasteiger partial charge in [0.05, 0.1) is 30.2 Å². The van der Waals surface area contributed by atoms with Gasteiger partial charge in [0.2, 0.25) is 0 Å². The van der Waals surface area contributed by atoms with Crippen LogP contribution in [0.4, 0.5) is 20.6 Å². The quantitative estimate of drug-likeness (QED) is 0.622. The number of hydrogen-bond acceptors (Lipinski definition) is 6. The molecule has 0 unspecified atom stereocenters. The van der Waals surface area contributed by atoms with E-state index in [1.165, 1.54) is 11.0 Å². The van der Waals surface area contributed by atoms with Crippen LogP contribution in [0.3, 0.4) is 0 Å². The molecule has 31 heavy (non-hydrogen) atoms. The summed E-state index contributed by atoms with van der Waals surface area (Å²) < 4.78 is 21.9. The summed E-state index contributed by atoms with van der Waals surface area (Å²) >= 11 is 11.3. The molecule has 0 radical (unpaired) electrons. The number of ether oxygens (including phenoxy) is 1. The maximum Gasteiger partial charge on any atom is 0.414 e. The number of carbonyl (C=O) groups excluding carboxylic acids is 2. The molecule has 1 aromatic heterocycles. The van der Waals surface area contributed by atoms with Crippen molar-refractivity contribution in [3.8, 4) is 0 Å². The molecular weight excluding hydrogens is 450 g/mol. The number of piperazine rings is 1. The first-order valence-corrected chi connectivity index (χ1v) is 10.7. The normalized spacial score (nSPS) is 19.3. The van der Waals surface area contributed by atoms with Crippen LogP contribution in [0.2, 0.25) is 0 Å². The molecule has 0 saturated carbocycles. The van der Waals surface area contributed by atoms with Crippen LogP contribution < -0.4 is 9.80 Å². The van der Waals surface area contributed by atoms with Crippen molar-refractivity contribution < 1.29 is 18.7 Å². The molecule has 0 aliphatic carbocycles. The second-order valence-electron chi connectivity index (χ2n) is 7.45. The molecule has 2 aliphatic heterocycles. The van der Waals surface area contributed by atoms with Crippen LogP contribution in [-0.4, -0.2) is 75.6 Å². The van der Waals surface area contributed by atoms with Gasteiger partial charge in [0.1, 0.15) is 11.9 Å². The van der Waals surface area contributed by atoms with Crippen molar-refractivity contribution in [2.45, 2.75) is 24.4 Å². The molecule has 166 valence electrons. The van der Waals surface area contributed by atoms with E-state index in [-0.39, 0.29) is 12.5 Å². The van der Waals surface area contributed by atoms with E-state index >= 15 is 0 Å². The number of rotatable bonds is 5. The van der Waals surface area contributed by atoms with E-state index < -0.39 is 22.9 Å². The number of hydrogen-bond donors (Lipinski definition) is 0. The van der Waals surface area contributed by atoms with Crippen LogP contribution in [0.25, 0.3) is 0 Å². The van der Waals surface area contributed by atoms with E-state index in [9.17, 15) is 14.0 Å². The summed E-state index contributed by atoms with van der Waals surface area (Å²) in [5.74, 6) is -0.796. The highest BCUT2D eigenvalue weighted by atomic mass is 35.5. The molecule has 0 N–H and O–H groups in total. The summed E-state index contributed by atoms with van der Waals surface area (Å²) in [5.41, 5.74) is 1.60. The van der Waals surface area contributed by atoms with Gasteiger partial charge in [0.15, 0.2) is 4.84 Å². The zero-order valence-corrected chi connectivity index (χ0v) is 18.3. The third-order valence-electron chi connectivity index (χ3n) is 5.28. The van der Waals surface area contributed by atoms with Crippen molar-refractivity contribution in [2.24, 2.45) is 0 Å². The first-order valence-electron chi connectivity index (χ1n) is 9.78. The monoisotopic (exact) mass is 470 g/mol. The topological polar surface area (TPSA) is 83.8 Å². The largest absolute Gasteiger partial charge is 0.442 e. The second kappa shape index (κ2) is 8.88. The smallest absolute Gasteiger partial charge is 0.414 e. The summed E-state index contributed by atoms with van der Waals surface area (Å²) in [6, 6.07) is 4.64. The molecular formula is C19H21Cl2FN6O3. The van der Waals surface area contributed by atoms with Crippen LogP contribution in [0, 0.1) is 12.7 Å². The van der Waals surface area contributed by atoms with Crippen LogP contribution in [0.5, 0.6) is 0 Å². The Kier molecular flexibility index (Phi) is 6.19. The third-order valence-corrected chi connectivity index (χ3v) is 5.65. The van der Waals surface area contributed by atoms with Gasteiger partial charge >= 0.3 is 6.09 Å². The summed E-state index contributed by atoms with van der Waals surface area (Å²) in [6.45, 7) is 4.19. The van der Waals surface area contributed by atoms with E-state index in [1.807, 2.05) is 11.8 Å². The second-order valence-corrected chi connectivity index (χ2v) is 8.54. The summed E-state index contributed by atoms with van der Waals surface area (Å²) in [4.78, 5) is 27.9. The Morgan fingerprint density at radius 3 is 2.65 bits per heavy atom. The van der Waals surface area contributed by atoms with E-state index in [1.54, 1.807) is 27.9 Å². The van der Waals surface area contributed by atoms with Gasteiger partial charge in [-0.3, -0.25) is 9.69 Å². The number of cyclic esters (lactones) is 1. The highest BCUT2D eigenvalue weighted by Crippen LogP contribution is 2.29. The molecule has 4 rings (SSSR count). The lowest BCUT2D eigenvalue weighted by atomic mass is 10.2. The Labute approximate surface area is 188 Å². The number of alkyl halides is 2. The van der Waals surface area contributed by atoms with Crippen LogP contribution in [-0.2, 0) is 16.1 Å². The van der Waals surface area contributed by atoms with Crippen LogP contribution in [0.15, 0.2) is 24.4 Å². The van der Waals surface area contributed by atoms with Gasteiger partial charge in [0, 0.05) is 32.4 Å². The van der Waals surface area contributed by atoms with Crippen LogP contribution in [0.1, 0.15) is 5.69 Å². The molecule has 1 atom stereocenters. The van der Waals surface area contributed by atoms with Crippen molar-refractivity contribution in [2.75, 3.05) is 42.5 Å². The summed E-state index contributed by atoms with van der Waals surface area (Å²) in [7, 11) is 0. The van der Waals surface area contributed by atoms with E-state index in [2.05, 4.69) is 10.3 Å². The maximum atomic E-state index is 14.9. The van der Waals surface area contributed by atoms with E-state index in [0.29, 0.717) is 44.1 Å². The molecule has 9 nitrogen and oxygen atoms in total. The first-order chi connectivity index (χ1) is 14.8. The summed E-state index contributed by atoms with van der Waals surface area (Å²) in [6.07, 6.45) is 0.825. The van der Waals surface area contributed by atoms with Gasteiger partial charge < -0.3 is 14.5 Å². The third kappa shape index (κ3) is 4.69. The fraction of sp³-hybridized carbons (Fsp3) is 0.474. The van der Waals surface area contributed by atoms with Gasteiger partial charge in [0.25, 0.3) is 5.91 Å². The number of halogens is 3. The van der Waals surface area contributed by atoms with Crippen molar-refractivity contribution in [1.82, 2.24) is 19.9 Å². The minimum absolute atomic E-state index is 0.287. The average Bonchev–Trinajstić information content (AvgIpc) is 3.32. The minimum atomic E-state index is -1.10. The Morgan fingerprint density at radius 1 is 1.29 bits per heavy atom. The lowest BCUT2D eigenvalue weighted by molar-refractivity contribution is -0.129. The highest BCUT2D eigenvalue weighted by Gasteiger charge is 2.33. The Bertz CT molecular complexity index is 979. The van der Waals surface area contributed by atoms with Crippen molar-refractivity contribution in [1.29, 1.82) is 0 Å². The Morgan fingerprint density at radius 2 is 2.03 bits per heavy atom. The van der Waals surface area contributed by atoms with Gasteiger partial charge in [-0.1, -0.05) is 28.4 Å². The molecule has 3 heterocycles. The Hall–Kier alpha value is -2.59. The van der Waals surface area contributed by atoms with Gasteiger partial charge in [-0.25, -0.2) is 13.9 Å². The standard InChI is InChI=1S/C19H21Cl2FN6O3/c1-12-9-27(24-23-12)10-14-11-28(19(30)31-14)13-2-3-16(15(22)8-13)25-4-6-26(7-5-25)18(29)17(20)21/h2-3,8-9,14,17H,4-7,10-11H2,1H3/t14-/m0/s1. The average molecular weight is 471 g/mol. The zero-order chi connectivity index (χ0) is 22.1. The molecule has 2 aromatic rings.